The Morgan fingerprint density at radius 2 is 1.85 bits per heavy atom. The molecule has 2 N–H and O–H groups in total. The summed E-state index contributed by atoms with van der Waals surface area (Å²) in [5.74, 6) is 1.63. The Labute approximate surface area is 153 Å². The van der Waals surface area contributed by atoms with Crippen molar-refractivity contribution in [3.63, 3.8) is 0 Å². The summed E-state index contributed by atoms with van der Waals surface area (Å²) in [6, 6.07) is 18.9. The smallest absolute Gasteiger partial charge is 0.241 e. The van der Waals surface area contributed by atoms with E-state index in [2.05, 4.69) is 58.4 Å². The Hall–Kier alpha value is -2.50. The van der Waals surface area contributed by atoms with E-state index in [1.165, 1.54) is 11.1 Å². The zero-order chi connectivity index (χ0) is 17.9. The number of aromatic nitrogens is 2. The number of hydrogen-bond donors (Lipinski definition) is 1. The van der Waals surface area contributed by atoms with Gasteiger partial charge in [-0.25, -0.2) is 0 Å². The number of nitrogens with zero attached hydrogens (tertiary/aromatic N) is 3. The summed E-state index contributed by atoms with van der Waals surface area (Å²) in [7, 11) is 0. The van der Waals surface area contributed by atoms with Crippen molar-refractivity contribution in [2.45, 2.75) is 31.8 Å². The first-order valence-corrected chi connectivity index (χ1v) is 9.17. The fraction of sp³-hybridized carbons (Fsp3) is 0.333. The number of likely N-dealkylation sites (tertiary alicyclic amines) is 1. The van der Waals surface area contributed by atoms with Crippen molar-refractivity contribution in [3.05, 3.63) is 71.6 Å². The molecular formula is C21H24N4O. The highest BCUT2D eigenvalue weighted by Gasteiger charge is 2.32. The Kier molecular flexibility index (Phi) is 4.82. The van der Waals surface area contributed by atoms with Gasteiger partial charge in [-0.15, -0.1) is 0 Å². The largest absolute Gasteiger partial charge is 0.338 e. The molecule has 0 bridgehead atoms. The SMILES string of the molecule is CCc1ccc(-c2noc(CN3C[C@@H](N)[C@H](c4ccccc4)C3)n2)cc1. The summed E-state index contributed by atoms with van der Waals surface area (Å²) in [5, 5.41) is 4.14. The topological polar surface area (TPSA) is 68.2 Å². The third-order valence-corrected chi connectivity index (χ3v) is 5.12. The Morgan fingerprint density at radius 3 is 2.58 bits per heavy atom. The zero-order valence-corrected chi connectivity index (χ0v) is 15.0. The molecule has 1 aliphatic rings. The van der Waals surface area contributed by atoms with Crippen LogP contribution in [-0.2, 0) is 13.0 Å². The predicted octanol–water partition coefficient (Wildman–Crippen LogP) is 3.23. The van der Waals surface area contributed by atoms with Crippen molar-refractivity contribution in [1.82, 2.24) is 15.0 Å². The summed E-state index contributed by atoms with van der Waals surface area (Å²) in [4.78, 5) is 6.85. The molecular weight excluding hydrogens is 324 g/mol. The van der Waals surface area contributed by atoms with Crippen molar-refractivity contribution in [1.29, 1.82) is 0 Å². The van der Waals surface area contributed by atoms with Crippen LogP contribution in [0.2, 0.25) is 0 Å². The van der Waals surface area contributed by atoms with Crippen molar-refractivity contribution >= 4 is 0 Å². The van der Waals surface area contributed by atoms with Gasteiger partial charge in [0.05, 0.1) is 6.54 Å². The van der Waals surface area contributed by atoms with E-state index in [1.54, 1.807) is 0 Å². The fourth-order valence-electron chi connectivity index (χ4n) is 3.61. The van der Waals surface area contributed by atoms with E-state index in [9.17, 15) is 0 Å². The summed E-state index contributed by atoms with van der Waals surface area (Å²) in [6.07, 6.45) is 1.02. The van der Waals surface area contributed by atoms with Gasteiger partial charge in [0.1, 0.15) is 0 Å². The lowest BCUT2D eigenvalue weighted by molar-refractivity contribution is 0.264. The molecule has 1 saturated heterocycles. The van der Waals surface area contributed by atoms with Crippen molar-refractivity contribution in [3.8, 4) is 11.4 Å². The minimum atomic E-state index is 0.126. The number of hydrogen-bond acceptors (Lipinski definition) is 5. The van der Waals surface area contributed by atoms with Gasteiger partial charge in [-0.2, -0.15) is 4.98 Å². The van der Waals surface area contributed by atoms with Crippen molar-refractivity contribution < 1.29 is 4.52 Å². The van der Waals surface area contributed by atoms with E-state index in [0.29, 0.717) is 24.2 Å². The second-order valence-corrected chi connectivity index (χ2v) is 6.94. The molecule has 2 aromatic carbocycles. The van der Waals surface area contributed by atoms with Crippen LogP contribution in [0, 0.1) is 0 Å². The van der Waals surface area contributed by atoms with Crippen LogP contribution in [0.5, 0.6) is 0 Å². The molecule has 1 aliphatic heterocycles. The molecule has 5 nitrogen and oxygen atoms in total. The third-order valence-electron chi connectivity index (χ3n) is 5.12. The predicted molar refractivity (Wildman–Crippen MR) is 102 cm³/mol. The van der Waals surface area contributed by atoms with Crippen LogP contribution in [0.15, 0.2) is 59.1 Å². The van der Waals surface area contributed by atoms with Gasteiger partial charge in [-0.05, 0) is 17.5 Å². The summed E-state index contributed by atoms with van der Waals surface area (Å²) in [5.41, 5.74) is 9.95. The lowest BCUT2D eigenvalue weighted by atomic mass is 9.95. The highest BCUT2D eigenvalue weighted by molar-refractivity contribution is 5.54. The number of benzene rings is 2. The first kappa shape index (κ1) is 16.9. The monoisotopic (exact) mass is 348 g/mol. The van der Waals surface area contributed by atoms with Gasteiger partial charge in [-0.1, -0.05) is 66.7 Å². The molecule has 0 spiro atoms. The van der Waals surface area contributed by atoms with E-state index in [0.717, 1.165) is 25.1 Å². The van der Waals surface area contributed by atoms with Gasteiger partial charge >= 0.3 is 0 Å². The fourth-order valence-corrected chi connectivity index (χ4v) is 3.61. The molecule has 0 saturated carbocycles. The molecule has 0 unspecified atom stereocenters. The van der Waals surface area contributed by atoms with Crippen LogP contribution in [0.3, 0.4) is 0 Å². The number of aryl methyl sites for hydroxylation is 1. The Bertz CT molecular complexity index is 844. The van der Waals surface area contributed by atoms with Gasteiger partial charge in [0.15, 0.2) is 0 Å². The van der Waals surface area contributed by atoms with Crippen LogP contribution in [-0.4, -0.2) is 34.2 Å². The summed E-state index contributed by atoms with van der Waals surface area (Å²) >= 11 is 0. The van der Waals surface area contributed by atoms with Crippen LogP contribution >= 0.6 is 0 Å². The average molecular weight is 348 g/mol. The second-order valence-electron chi connectivity index (χ2n) is 6.94. The molecule has 26 heavy (non-hydrogen) atoms. The molecule has 134 valence electrons. The molecule has 1 aromatic heterocycles. The van der Waals surface area contributed by atoms with E-state index < -0.39 is 0 Å². The Balaban J connectivity index is 1.43. The van der Waals surface area contributed by atoms with Gasteiger partial charge in [-0.3, -0.25) is 4.90 Å². The Morgan fingerprint density at radius 1 is 1.08 bits per heavy atom. The molecule has 0 amide bonds. The van der Waals surface area contributed by atoms with Crippen LogP contribution in [0.25, 0.3) is 11.4 Å². The molecule has 3 aromatic rings. The summed E-state index contributed by atoms with van der Waals surface area (Å²) in [6.45, 7) is 4.53. The van der Waals surface area contributed by atoms with Gasteiger partial charge < -0.3 is 10.3 Å². The minimum Gasteiger partial charge on any atom is -0.338 e. The first-order valence-electron chi connectivity index (χ1n) is 9.17. The van der Waals surface area contributed by atoms with Crippen LogP contribution < -0.4 is 5.73 Å². The van der Waals surface area contributed by atoms with E-state index in [-0.39, 0.29) is 6.04 Å². The standard InChI is InChI=1S/C21H24N4O/c1-2-15-8-10-17(11-9-15)21-23-20(26-24-21)14-25-12-18(19(22)13-25)16-6-4-3-5-7-16/h3-11,18-19H,2,12-14,22H2,1H3/t18-,19+/m0/s1. The highest BCUT2D eigenvalue weighted by atomic mass is 16.5. The lowest BCUT2D eigenvalue weighted by Crippen LogP contribution is -2.28. The quantitative estimate of drug-likeness (QED) is 0.767. The van der Waals surface area contributed by atoms with Crippen molar-refractivity contribution in [2.24, 2.45) is 5.73 Å². The second kappa shape index (κ2) is 7.40. The van der Waals surface area contributed by atoms with Gasteiger partial charge in [0.25, 0.3) is 0 Å². The number of rotatable bonds is 5. The molecule has 1 fully saturated rings. The third kappa shape index (κ3) is 3.54. The average Bonchev–Trinajstić information content (AvgIpc) is 3.29. The van der Waals surface area contributed by atoms with Crippen LogP contribution in [0.1, 0.15) is 29.9 Å². The summed E-state index contributed by atoms with van der Waals surface area (Å²) < 4.78 is 5.47. The molecule has 5 heteroatoms. The normalized spacial score (nSPS) is 20.5. The maximum absolute atomic E-state index is 6.37. The van der Waals surface area contributed by atoms with Gasteiger partial charge in [0.2, 0.25) is 11.7 Å². The number of nitrogens with two attached hydrogens (primary N) is 1. The van der Waals surface area contributed by atoms with E-state index in [4.69, 9.17) is 10.3 Å². The molecule has 0 aliphatic carbocycles. The van der Waals surface area contributed by atoms with E-state index in [1.807, 2.05) is 18.2 Å². The van der Waals surface area contributed by atoms with Gasteiger partial charge in [0, 0.05) is 30.6 Å². The molecule has 2 atom stereocenters. The lowest BCUT2D eigenvalue weighted by Gasteiger charge is -2.14. The zero-order valence-electron chi connectivity index (χ0n) is 15.0. The maximum atomic E-state index is 6.37. The minimum absolute atomic E-state index is 0.126. The molecule has 4 rings (SSSR count). The van der Waals surface area contributed by atoms with E-state index >= 15 is 0 Å². The highest BCUT2D eigenvalue weighted by Crippen LogP contribution is 2.27. The molecule has 2 heterocycles. The molecule has 0 radical (unpaired) electrons. The maximum Gasteiger partial charge on any atom is 0.241 e. The van der Waals surface area contributed by atoms with Crippen molar-refractivity contribution in [2.75, 3.05) is 13.1 Å². The first-order chi connectivity index (χ1) is 12.7. The van der Waals surface area contributed by atoms with Crippen LogP contribution in [0.4, 0.5) is 0 Å².